The highest BCUT2D eigenvalue weighted by atomic mass is 16.6. The molecule has 0 amide bonds. The molecule has 0 bridgehead atoms. The minimum atomic E-state index is -0.484. The zero-order valence-electron chi connectivity index (χ0n) is 14.2. The van der Waals surface area contributed by atoms with Crippen LogP contribution in [0.1, 0.15) is 11.1 Å². The van der Waals surface area contributed by atoms with Crippen molar-refractivity contribution in [1.29, 1.82) is 5.26 Å². The molecule has 3 rings (SSSR count). The minimum absolute atomic E-state index is 0.0427. The first-order chi connectivity index (χ1) is 13.1. The van der Waals surface area contributed by atoms with Gasteiger partial charge in [-0.25, -0.2) is 10.1 Å². The van der Waals surface area contributed by atoms with E-state index in [0.717, 1.165) is 11.1 Å². The zero-order chi connectivity index (χ0) is 19.2. The van der Waals surface area contributed by atoms with Crippen molar-refractivity contribution in [2.75, 3.05) is 0 Å². The van der Waals surface area contributed by atoms with Gasteiger partial charge in [0.05, 0.1) is 17.6 Å². The number of non-ortho nitro benzene ring substituents is 1. The molecule has 0 radical (unpaired) electrons. The highest BCUT2D eigenvalue weighted by Gasteiger charge is 2.14. The lowest BCUT2D eigenvalue weighted by Crippen LogP contribution is -1.93. The molecule has 0 spiro atoms. The van der Waals surface area contributed by atoms with E-state index in [1.165, 1.54) is 12.1 Å². The van der Waals surface area contributed by atoms with Gasteiger partial charge in [0.2, 0.25) is 0 Å². The number of nitrogens with zero attached hydrogens (tertiary/aromatic N) is 3. The molecule has 0 unspecified atom stereocenters. The van der Waals surface area contributed by atoms with Crippen LogP contribution in [0.15, 0.2) is 84.6 Å². The van der Waals surface area contributed by atoms with E-state index in [0.29, 0.717) is 16.7 Å². The van der Waals surface area contributed by atoms with Gasteiger partial charge in [-0.3, -0.25) is 10.1 Å². The first kappa shape index (κ1) is 17.6. The minimum Gasteiger partial charge on any atom is -0.258 e. The maximum Gasteiger partial charge on any atom is 0.270 e. The lowest BCUT2D eigenvalue weighted by atomic mass is 9.94. The van der Waals surface area contributed by atoms with Crippen LogP contribution in [0.25, 0.3) is 21.5 Å². The van der Waals surface area contributed by atoms with Gasteiger partial charge in [0.1, 0.15) is 0 Å². The number of nitro benzene ring substituents is 1. The predicted octanol–water partition coefficient (Wildman–Crippen LogP) is 5.46. The fourth-order valence-electron chi connectivity index (χ4n) is 2.79. The standard InChI is InChI=1S/C22H13N3O2/c1-24-21(15-23)22(19-11-13-20(14-12-19)25(26)27)18-9-7-17(8-10-18)16-5-3-2-4-6-16/h2-14H/b22-21-. The molecular formula is C22H13N3O2. The van der Waals surface area contributed by atoms with E-state index >= 15 is 0 Å². The van der Waals surface area contributed by atoms with Crippen LogP contribution in [-0.2, 0) is 0 Å². The van der Waals surface area contributed by atoms with Crippen molar-refractivity contribution >= 4 is 11.3 Å². The second kappa shape index (κ2) is 7.77. The summed E-state index contributed by atoms with van der Waals surface area (Å²) in [4.78, 5) is 13.7. The van der Waals surface area contributed by atoms with Crippen molar-refractivity contribution in [2.24, 2.45) is 0 Å². The molecule has 0 aliphatic rings. The third-order valence-electron chi connectivity index (χ3n) is 4.10. The van der Waals surface area contributed by atoms with Gasteiger partial charge in [-0.05, 0) is 34.4 Å². The third-order valence-corrected chi connectivity index (χ3v) is 4.10. The summed E-state index contributed by atoms with van der Waals surface area (Å²) >= 11 is 0. The molecule has 3 aromatic carbocycles. The van der Waals surface area contributed by atoms with Gasteiger partial charge in [-0.15, -0.1) is 0 Å². The van der Waals surface area contributed by atoms with Crippen molar-refractivity contribution in [3.05, 3.63) is 117 Å². The average Bonchev–Trinajstić information content (AvgIpc) is 2.73. The molecule has 0 N–H and O–H groups in total. The molecule has 0 aromatic heterocycles. The Hall–Kier alpha value is -4.22. The lowest BCUT2D eigenvalue weighted by molar-refractivity contribution is -0.384. The van der Waals surface area contributed by atoms with Gasteiger partial charge in [0.15, 0.2) is 0 Å². The van der Waals surface area contributed by atoms with Crippen molar-refractivity contribution in [2.45, 2.75) is 0 Å². The maximum atomic E-state index is 10.9. The second-order valence-electron chi connectivity index (χ2n) is 5.69. The summed E-state index contributed by atoms with van der Waals surface area (Å²) in [5.41, 5.74) is 3.73. The average molecular weight is 351 g/mol. The van der Waals surface area contributed by atoms with E-state index in [2.05, 4.69) is 4.85 Å². The summed E-state index contributed by atoms with van der Waals surface area (Å²) in [5, 5.41) is 20.2. The Balaban J connectivity index is 2.08. The fraction of sp³-hybridized carbons (Fsp3) is 0. The van der Waals surface area contributed by atoms with Gasteiger partial charge in [-0.2, -0.15) is 0 Å². The fourth-order valence-corrected chi connectivity index (χ4v) is 2.79. The molecule has 0 atom stereocenters. The molecule has 5 nitrogen and oxygen atoms in total. The Bertz CT molecular complexity index is 1070. The Morgan fingerprint density at radius 3 is 1.89 bits per heavy atom. The molecule has 0 aliphatic heterocycles. The van der Waals surface area contributed by atoms with Crippen LogP contribution in [0.4, 0.5) is 5.69 Å². The van der Waals surface area contributed by atoms with E-state index in [9.17, 15) is 15.4 Å². The summed E-state index contributed by atoms with van der Waals surface area (Å²) < 4.78 is 0. The van der Waals surface area contributed by atoms with Crippen LogP contribution in [0.3, 0.4) is 0 Å². The van der Waals surface area contributed by atoms with Gasteiger partial charge in [0, 0.05) is 17.7 Å². The monoisotopic (exact) mass is 351 g/mol. The van der Waals surface area contributed by atoms with Crippen molar-refractivity contribution in [3.63, 3.8) is 0 Å². The van der Waals surface area contributed by atoms with Crippen molar-refractivity contribution < 1.29 is 4.92 Å². The number of hydrogen-bond donors (Lipinski definition) is 0. The van der Waals surface area contributed by atoms with Crippen LogP contribution >= 0.6 is 0 Å². The van der Waals surface area contributed by atoms with Gasteiger partial charge >= 0.3 is 0 Å². The highest BCUT2D eigenvalue weighted by molar-refractivity contribution is 5.86. The third kappa shape index (κ3) is 3.73. The van der Waals surface area contributed by atoms with Crippen LogP contribution in [0, 0.1) is 28.0 Å². The Morgan fingerprint density at radius 1 is 0.889 bits per heavy atom. The Kier molecular flexibility index (Phi) is 5.07. The highest BCUT2D eigenvalue weighted by Crippen LogP contribution is 2.30. The van der Waals surface area contributed by atoms with Crippen molar-refractivity contribution in [1.82, 2.24) is 0 Å². The largest absolute Gasteiger partial charge is 0.270 e. The Labute approximate surface area is 156 Å². The summed E-state index contributed by atoms with van der Waals surface area (Å²) in [5.74, 6) is 0. The molecule has 0 saturated carbocycles. The van der Waals surface area contributed by atoms with Gasteiger partial charge in [0.25, 0.3) is 11.4 Å². The lowest BCUT2D eigenvalue weighted by Gasteiger charge is -2.10. The van der Waals surface area contributed by atoms with Gasteiger partial charge < -0.3 is 0 Å². The molecule has 0 fully saturated rings. The number of allylic oxidation sites excluding steroid dienone is 1. The van der Waals surface area contributed by atoms with Crippen LogP contribution in [0.5, 0.6) is 0 Å². The van der Waals surface area contributed by atoms with Crippen LogP contribution in [-0.4, -0.2) is 4.92 Å². The van der Waals surface area contributed by atoms with Crippen LogP contribution < -0.4 is 0 Å². The topological polar surface area (TPSA) is 71.3 Å². The SMILES string of the molecule is [C-]#[N+]/C(C#N)=C(/c1ccc(-c2ccccc2)cc1)c1ccc([N+](=O)[O-])cc1. The van der Waals surface area contributed by atoms with E-state index in [4.69, 9.17) is 6.57 Å². The number of hydrogen-bond acceptors (Lipinski definition) is 3. The van der Waals surface area contributed by atoms with E-state index in [-0.39, 0.29) is 11.4 Å². The van der Waals surface area contributed by atoms with E-state index < -0.39 is 4.92 Å². The summed E-state index contributed by atoms with van der Waals surface area (Å²) in [6, 6.07) is 25.2. The number of benzene rings is 3. The number of nitro groups is 1. The quantitative estimate of drug-likeness (QED) is 0.271. The Morgan fingerprint density at radius 2 is 1.41 bits per heavy atom. The van der Waals surface area contributed by atoms with Gasteiger partial charge in [-0.1, -0.05) is 54.6 Å². The van der Waals surface area contributed by atoms with E-state index in [1.807, 2.05) is 60.7 Å². The number of nitriles is 1. The molecule has 27 heavy (non-hydrogen) atoms. The molecule has 3 aromatic rings. The maximum absolute atomic E-state index is 10.9. The number of rotatable bonds is 4. The van der Waals surface area contributed by atoms with Crippen molar-refractivity contribution in [3.8, 4) is 17.2 Å². The van der Waals surface area contributed by atoms with Crippen LogP contribution in [0.2, 0.25) is 0 Å². The molecule has 0 saturated heterocycles. The summed E-state index contributed by atoms with van der Waals surface area (Å²) in [6.45, 7) is 7.31. The molecule has 5 heteroatoms. The van der Waals surface area contributed by atoms with E-state index in [1.54, 1.807) is 12.1 Å². The predicted molar refractivity (Wildman–Crippen MR) is 103 cm³/mol. The first-order valence-electron chi connectivity index (χ1n) is 8.06. The summed E-state index contributed by atoms with van der Waals surface area (Å²) in [6.07, 6.45) is 0. The molecular weight excluding hydrogens is 338 g/mol. The first-order valence-corrected chi connectivity index (χ1v) is 8.06. The normalized spacial score (nSPS) is 11.0. The molecule has 0 heterocycles. The molecule has 128 valence electrons. The second-order valence-corrected chi connectivity index (χ2v) is 5.69. The smallest absolute Gasteiger partial charge is 0.258 e. The summed E-state index contributed by atoms with van der Waals surface area (Å²) in [7, 11) is 0. The zero-order valence-corrected chi connectivity index (χ0v) is 14.2. The molecule has 0 aliphatic carbocycles.